The van der Waals surface area contributed by atoms with Crippen molar-refractivity contribution < 1.29 is 22.7 Å². The van der Waals surface area contributed by atoms with Gasteiger partial charge < -0.3 is 5.11 Å². The molecule has 0 spiro atoms. The standard InChI is InChI=1S/C8H4F4O/c9-2-1-4-3-5(10)7(12)8(13)6(4)11/h1-3,13H. The van der Waals surface area contributed by atoms with E-state index >= 15 is 0 Å². The molecule has 13 heavy (non-hydrogen) atoms. The summed E-state index contributed by atoms with van der Waals surface area (Å²) in [7, 11) is 0. The zero-order chi connectivity index (χ0) is 10.0. The highest BCUT2D eigenvalue weighted by Crippen LogP contribution is 2.26. The number of phenolic OH excluding ortho intramolecular Hbond substituents is 1. The van der Waals surface area contributed by atoms with Crippen molar-refractivity contribution in [1.82, 2.24) is 0 Å². The van der Waals surface area contributed by atoms with Crippen LogP contribution in [0, 0.1) is 17.5 Å². The second-order valence-corrected chi connectivity index (χ2v) is 2.22. The quantitative estimate of drug-likeness (QED) is 0.535. The highest BCUT2D eigenvalue weighted by Gasteiger charge is 2.16. The minimum absolute atomic E-state index is 0.0464. The van der Waals surface area contributed by atoms with Gasteiger partial charge in [0.25, 0.3) is 0 Å². The van der Waals surface area contributed by atoms with Crippen molar-refractivity contribution in [2.45, 2.75) is 0 Å². The predicted molar refractivity (Wildman–Crippen MR) is 38.1 cm³/mol. The molecule has 0 saturated carbocycles. The third-order valence-electron chi connectivity index (χ3n) is 1.40. The lowest BCUT2D eigenvalue weighted by Gasteiger charge is -2.01. The molecule has 0 atom stereocenters. The van der Waals surface area contributed by atoms with Crippen LogP contribution < -0.4 is 0 Å². The lowest BCUT2D eigenvalue weighted by molar-refractivity contribution is 0.376. The van der Waals surface area contributed by atoms with Gasteiger partial charge in [0.15, 0.2) is 17.4 Å². The minimum Gasteiger partial charge on any atom is -0.503 e. The maximum Gasteiger partial charge on any atom is 0.203 e. The Morgan fingerprint density at radius 2 is 1.77 bits per heavy atom. The Kier molecular flexibility index (Phi) is 2.55. The summed E-state index contributed by atoms with van der Waals surface area (Å²) in [5, 5.41) is 8.65. The van der Waals surface area contributed by atoms with E-state index in [1.807, 2.05) is 0 Å². The van der Waals surface area contributed by atoms with Gasteiger partial charge in [-0.1, -0.05) is 0 Å². The normalized spacial score (nSPS) is 11.1. The molecule has 1 rings (SSSR count). The van der Waals surface area contributed by atoms with Crippen molar-refractivity contribution in [2.24, 2.45) is 0 Å². The average molecular weight is 192 g/mol. The van der Waals surface area contributed by atoms with Gasteiger partial charge in [-0.2, -0.15) is 4.39 Å². The van der Waals surface area contributed by atoms with Gasteiger partial charge in [0.2, 0.25) is 5.82 Å². The lowest BCUT2D eigenvalue weighted by Crippen LogP contribution is -1.92. The smallest absolute Gasteiger partial charge is 0.203 e. The van der Waals surface area contributed by atoms with Crippen LogP contribution in [0.15, 0.2) is 12.4 Å². The van der Waals surface area contributed by atoms with Gasteiger partial charge in [0.1, 0.15) is 0 Å². The third kappa shape index (κ3) is 1.63. The first kappa shape index (κ1) is 9.57. The first-order chi connectivity index (χ1) is 6.07. The van der Waals surface area contributed by atoms with E-state index in [9.17, 15) is 17.6 Å². The largest absolute Gasteiger partial charge is 0.503 e. The number of halogens is 4. The van der Waals surface area contributed by atoms with E-state index in [2.05, 4.69) is 0 Å². The van der Waals surface area contributed by atoms with Crippen LogP contribution in [-0.4, -0.2) is 5.11 Å². The molecule has 0 aliphatic rings. The van der Waals surface area contributed by atoms with Crippen LogP contribution in [0.3, 0.4) is 0 Å². The lowest BCUT2D eigenvalue weighted by atomic mass is 10.2. The number of hydrogen-bond donors (Lipinski definition) is 1. The Labute approximate surface area is 70.9 Å². The number of hydrogen-bond acceptors (Lipinski definition) is 1. The molecule has 0 aromatic heterocycles. The average Bonchev–Trinajstić information content (AvgIpc) is 2.11. The summed E-state index contributed by atoms with van der Waals surface area (Å²) >= 11 is 0. The monoisotopic (exact) mass is 192 g/mol. The molecular formula is C8H4F4O. The first-order valence-corrected chi connectivity index (χ1v) is 3.21. The molecule has 0 unspecified atom stereocenters. The zero-order valence-electron chi connectivity index (χ0n) is 6.19. The van der Waals surface area contributed by atoms with E-state index in [0.717, 1.165) is 0 Å². The summed E-state index contributed by atoms with van der Waals surface area (Å²) < 4.78 is 49.2. The molecule has 1 N–H and O–H groups in total. The molecule has 0 amide bonds. The van der Waals surface area contributed by atoms with Crippen LogP contribution in [0.2, 0.25) is 0 Å². The van der Waals surface area contributed by atoms with E-state index in [0.29, 0.717) is 12.1 Å². The molecular weight excluding hydrogens is 188 g/mol. The minimum atomic E-state index is -1.69. The molecule has 5 heteroatoms. The van der Waals surface area contributed by atoms with Crippen molar-refractivity contribution in [1.29, 1.82) is 0 Å². The van der Waals surface area contributed by atoms with Crippen LogP contribution in [0.1, 0.15) is 5.56 Å². The van der Waals surface area contributed by atoms with E-state index in [4.69, 9.17) is 5.11 Å². The van der Waals surface area contributed by atoms with Crippen LogP contribution in [0.4, 0.5) is 17.6 Å². The molecule has 70 valence electrons. The van der Waals surface area contributed by atoms with Crippen molar-refractivity contribution in [3.8, 4) is 5.75 Å². The van der Waals surface area contributed by atoms with Gasteiger partial charge in [-0.3, -0.25) is 0 Å². The van der Waals surface area contributed by atoms with Gasteiger partial charge >= 0.3 is 0 Å². The van der Waals surface area contributed by atoms with Crippen LogP contribution in [0.5, 0.6) is 5.75 Å². The Bertz CT molecular complexity index is 360. The van der Waals surface area contributed by atoms with Gasteiger partial charge in [-0.05, 0) is 12.1 Å². The summed E-state index contributed by atoms with van der Waals surface area (Å²) in [5.74, 6) is -5.97. The summed E-state index contributed by atoms with van der Waals surface area (Å²) in [5.41, 5.74) is -0.557. The third-order valence-corrected chi connectivity index (χ3v) is 1.40. The zero-order valence-corrected chi connectivity index (χ0v) is 6.19. The number of benzene rings is 1. The Morgan fingerprint density at radius 1 is 1.15 bits per heavy atom. The topological polar surface area (TPSA) is 20.2 Å². The molecule has 1 aromatic carbocycles. The van der Waals surface area contributed by atoms with E-state index in [-0.39, 0.29) is 6.33 Å². The fourth-order valence-corrected chi connectivity index (χ4v) is 0.799. The molecule has 0 heterocycles. The van der Waals surface area contributed by atoms with Crippen molar-refractivity contribution in [3.05, 3.63) is 35.4 Å². The second-order valence-electron chi connectivity index (χ2n) is 2.22. The molecule has 1 aromatic rings. The molecule has 1 nitrogen and oxygen atoms in total. The van der Waals surface area contributed by atoms with E-state index in [1.54, 1.807) is 0 Å². The summed E-state index contributed by atoms with van der Waals surface area (Å²) in [6, 6.07) is 0.445. The highest BCUT2D eigenvalue weighted by molar-refractivity contribution is 5.52. The fourth-order valence-electron chi connectivity index (χ4n) is 0.799. The van der Waals surface area contributed by atoms with Crippen molar-refractivity contribution in [3.63, 3.8) is 0 Å². The fraction of sp³-hybridized carbons (Fsp3) is 0. The van der Waals surface area contributed by atoms with Crippen LogP contribution >= 0.6 is 0 Å². The maximum atomic E-state index is 12.8. The van der Waals surface area contributed by atoms with Crippen molar-refractivity contribution >= 4 is 6.08 Å². The predicted octanol–water partition coefficient (Wildman–Crippen LogP) is 2.75. The second kappa shape index (κ2) is 3.47. The maximum absolute atomic E-state index is 12.8. The number of phenols is 1. The SMILES string of the molecule is Oc1c(F)c(F)cc(C=CF)c1F. The van der Waals surface area contributed by atoms with Crippen LogP contribution in [0.25, 0.3) is 6.08 Å². The van der Waals surface area contributed by atoms with Gasteiger partial charge in [0, 0.05) is 5.56 Å². The molecule has 0 bridgehead atoms. The van der Waals surface area contributed by atoms with Gasteiger partial charge in [0.05, 0.1) is 6.33 Å². The molecule has 0 fully saturated rings. The molecule has 0 aliphatic heterocycles. The Hall–Kier alpha value is -1.52. The number of aromatic hydroxyl groups is 1. The van der Waals surface area contributed by atoms with E-state index in [1.165, 1.54) is 0 Å². The molecule has 0 radical (unpaired) electrons. The highest BCUT2D eigenvalue weighted by atomic mass is 19.2. The Balaban J connectivity index is 3.40. The molecule has 0 saturated heterocycles. The van der Waals surface area contributed by atoms with Crippen molar-refractivity contribution in [2.75, 3.05) is 0 Å². The van der Waals surface area contributed by atoms with E-state index < -0.39 is 28.8 Å². The van der Waals surface area contributed by atoms with Gasteiger partial charge in [-0.15, -0.1) is 0 Å². The van der Waals surface area contributed by atoms with Crippen LogP contribution in [-0.2, 0) is 0 Å². The molecule has 0 aliphatic carbocycles. The number of rotatable bonds is 1. The van der Waals surface area contributed by atoms with Gasteiger partial charge in [-0.25, -0.2) is 13.2 Å². The summed E-state index contributed by atoms with van der Waals surface area (Å²) in [6.45, 7) is 0. The summed E-state index contributed by atoms with van der Waals surface area (Å²) in [4.78, 5) is 0. The first-order valence-electron chi connectivity index (χ1n) is 3.21. The summed E-state index contributed by atoms with van der Waals surface area (Å²) in [6.07, 6.45) is 0.521. The Morgan fingerprint density at radius 3 is 2.31 bits per heavy atom.